The largest absolute Gasteiger partial charge is 0.435 e. The maximum Gasteiger partial charge on any atom is 0.387 e. The van der Waals surface area contributed by atoms with E-state index in [0.29, 0.717) is 18.0 Å². The van der Waals surface area contributed by atoms with E-state index in [1.807, 2.05) is 0 Å². The first kappa shape index (κ1) is 13.8. The zero-order valence-electron chi connectivity index (χ0n) is 10.6. The number of halogens is 2. The lowest BCUT2D eigenvalue weighted by Gasteiger charge is -2.10. The monoisotopic (exact) mass is 269 g/mol. The number of hydrogen-bond acceptors (Lipinski definition) is 2. The second kappa shape index (κ2) is 6.50. The molecule has 1 aromatic carbocycles. The summed E-state index contributed by atoms with van der Waals surface area (Å²) in [6.45, 7) is -2.83. The molecule has 0 heterocycles. The van der Waals surface area contributed by atoms with Crippen LogP contribution in [-0.2, 0) is 4.79 Å². The van der Waals surface area contributed by atoms with Crippen LogP contribution < -0.4 is 10.1 Å². The van der Waals surface area contributed by atoms with Crippen LogP contribution >= 0.6 is 0 Å². The van der Waals surface area contributed by atoms with Crippen LogP contribution in [0.15, 0.2) is 24.3 Å². The van der Waals surface area contributed by atoms with E-state index in [-0.39, 0.29) is 11.7 Å². The van der Waals surface area contributed by atoms with Gasteiger partial charge in [-0.15, -0.1) is 0 Å². The van der Waals surface area contributed by atoms with Gasteiger partial charge in [-0.25, -0.2) is 0 Å². The first-order valence-electron chi connectivity index (χ1n) is 6.48. The predicted octanol–water partition coefficient (Wildman–Crippen LogP) is 3.81. The van der Waals surface area contributed by atoms with Crippen molar-refractivity contribution in [1.82, 2.24) is 0 Å². The summed E-state index contributed by atoms with van der Waals surface area (Å²) in [5.41, 5.74) is 0.601. The molecule has 5 heteroatoms. The molecule has 0 bridgehead atoms. The van der Waals surface area contributed by atoms with Gasteiger partial charge >= 0.3 is 6.61 Å². The first-order valence-corrected chi connectivity index (χ1v) is 6.48. The van der Waals surface area contributed by atoms with Gasteiger partial charge in [0, 0.05) is 12.1 Å². The second-order valence-corrected chi connectivity index (χ2v) is 4.81. The number of rotatable bonds is 5. The molecular weight excluding hydrogens is 252 g/mol. The fourth-order valence-electron chi connectivity index (χ4n) is 2.41. The number of hydrogen-bond donors (Lipinski definition) is 1. The predicted molar refractivity (Wildman–Crippen MR) is 68.3 cm³/mol. The van der Waals surface area contributed by atoms with Gasteiger partial charge in [-0.05, 0) is 43.0 Å². The van der Waals surface area contributed by atoms with E-state index in [9.17, 15) is 13.6 Å². The summed E-state index contributed by atoms with van der Waals surface area (Å²) >= 11 is 0. The molecule has 0 unspecified atom stereocenters. The van der Waals surface area contributed by atoms with Gasteiger partial charge in [0.2, 0.25) is 5.91 Å². The Morgan fingerprint density at radius 3 is 2.47 bits per heavy atom. The van der Waals surface area contributed by atoms with E-state index in [4.69, 9.17) is 0 Å². The lowest BCUT2D eigenvalue weighted by atomic mass is 10.0. The molecule has 0 spiro atoms. The minimum Gasteiger partial charge on any atom is -0.435 e. The van der Waals surface area contributed by atoms with Gasteiger partial charge in [0.1, 0.15) is 5.75 Å². The van der Waals surface area contributed by atoms with Crippen LogP contribution in [0.3, 0.4) is 0 Å². The highest BCUT2D eigenvalue weighted by Gasteiger charge is 2.18. The van der Waals surface area contributed by atoms with E-state index < -0.39 is 6.61 Å². The Bertz CT molecular complexity index is 414. The van der Waals surface area contributed by atoms with Gasteiger partial charge < -0.3 is 10.1 Å². The highest BCUT2D eigenvalue weighted by Crippen LogP contribution is 2.28. The summed E-state index contributed by atoms with van der Waals surface area (Å²) in [5.74, 6) is 0.555. The molecule has 0 aliphatic heterocycles. The highest BCUT2D eigenvalue weighted by atomic mass is 19.3. The maximum atomic E-state index is 12.0. The molecule has 19 heavy (non-hydrogen) atoms. The lowest BCUT2D eigenvalue weighted by molar-refractivity contribution is -0.117. The Balaban J connectivity index is 1.82. The Morgan fingerprint density at radius 2 is 1.89 bits per heavy atom. The van der Waals surface area contributed by atoms with Crippen molar-refractivity contribution in [2.24, 2.45) is 5.92 Å². The minimum atomic E-state index is -2.83. The third kappa shape index (κ3) is 4.50. The summed E-state index contributed by atoms with van der Waals surface area (Å²) in [7, 11) is 0. The Kier molecular flexibility index (Phi) is 4.71. The zero-order chi connectivity index (χ0) is 13.7. The van der Waals surface area contributed by atoms with Crippen molar-refractivity contribution in [3.63, 3.8) is 0 Å². The third-order valence-electron chi connectivity index (χ3n) is 3.31. The van der Waals surface area contributed by atoms with E-state index in [1.165, 1.54) is 25.0 Å². The molecule has 104 valence electrons. The maximum absolute atomic E-state index is 12.0. The van der Waals surface area contributed by atoms with Crippen LogP contribution in [0.5, 0.6) is 5.75 Å². The number of anilines is 1. The number of nitrogens with one attached hydrogen (secondary N) is 1. The van der Waals surface area contributed by atoms with E-state index >= 15 is 0 Å². The molecular formula is C14H17F2NO2. The van der Waals surface area contributed by atoms with Gasteiger partial charge in [0.25, 0.3) is 0 Å². The van der Waals surface area contributed by atoms with Crippen molar-refractivity contribution in [2.45, 2.75) is 38.7 Å². The molecule has 1 amide bonds. The summed E-state index contributed by atoms with van der Waals surface area (Å²) in [6.07, 6.45) is 5.19. The van der Waals surface area contributed by atoms with Crippen molar-refractivity contribution in [1.29, 1.82) is 0 Å². The molecule has 2 rings (SSSR count). The van der Waals surface area contributed by atoms with Crippen molar-refractivity contribution < 1.29 is 18.3 Å². The standard InChI is InChI=1S/C14H17F2NO2/c15-14(16)19-12-7-5-11(6-8-12)17-13(18)9-10-3-1-2-4-10/h5-8,10,14H,1-4,9H2,(H,17,18). The zero-order valence-corrected chi connectivity index (χ0v) is 10.6. The van der Waals surface area contributed by atoms with Crippen LogP contribution in [0.1, 0.15) is 32.1 Å². The average molecular weight is 269 g/mol. The van der Waals surface area contributed by atoms with E-state index in [0.717, 1.165) is 12.8 Å². The molecule has 1 aliphatic carbocycles. The fraction of sp³-hybridized carbons (Fsp3) is 0.500. The average Bonchev–Trinajstić information content (AvgIpc) is 2.83. The molecule has 0 saturated heterocycles. The Hall–Kier alpha value is -1.65. The SMILES string of the molecule is O=C(CC1CCCC1)Nc1ccc(OC(F)F)cc1. The molecule has 1 aliphatic rings. The van der Waals surface area contributed by atoms with Crippen molar-refractivity contribution in [3.05, 3.63) is 24.3 Å². The molecule has 1 saturated carbocycles. The lowest BCUT2D eigenvalue weighted by Crippen LogP contribution is -2.15. The van der Waals surface area contributed by atoms with Crippen LogP contribution in [0, 0.1) is 5.92 Å². The smallest absolute Gasteiger partial charge is 0.387 e. The number of carbonyl (C=O) groups is 1. The van der Waals surface area contributed by atoms with E-state index in [1.54, 1.807) is 12.1 Å². The number of amides is 1. The van der Waals surface area contributed by atoms with Gasteiger partial charge in [0.15, 0.2) is 0 Å². The molecule has 0 atom stereocenters. The fourth-order valence-corrected chi connectivity index (χ4v) is 2.41. The van der Waals surface area contributed by atoms with Crippen LogP contribution in [0.2, 0.25) is 0 Å². The quantitative estimate of drug-likeness (QED) is 0.882. The Labute approximate surface area is 111 Å². The molecule has 0 radical (unpaired) electrons. The number of ether oxygens (including phenoxy) is 1. The summed E-state index contributed by atoms with van der Waals surface area (Å²) in [5, 5.41) is 2.77. The van der Waals surface area contributed by atoms with Crippen LogP contribution in [0.25, 0.3) is 0 Å². The molecule has 0 aromatic heterocycles. The summed E-state index contributed by atoms with van der Waals surface area (Å²) < 4.78 is 28.2. The van der Waals surface area contributed by atoms with Crippen molar-refractivity contribution in [2.75, 3.05) is 5.32 Å². The van der Waals surface area contributed by atoms with Crippen molar-refractivity contribution in [3.8, 4) is 5.75 Å². The topological polar surface area (TPSA) is 38.3 Å². The third-order valence-corrected chi connectivity index (χ3v) is 3.31. The first-order chi connectivity index (χ1) is 9.13. The van der Waals surface area contributed by atoms with Gasteiger partial charge in [-0.3, -0.25) is 4.79 Å². The molecule has 3 nitrogen and oxygen atoms in total. The second-order valence-electron chi connectivity index (χ2n) is 4.81. The Morgan fingerprint density at radius 1 is 1.26 bits per heavy atom. The minimum absolute atomic E-state index is 0.0190. The molecule has 1 aromatic rings. The van der Waals surface area contributed by atoms with E-state index in [2.05, 4.69) is 10.1 Å². The van der Waals surface area contributed by atoms with Crippen molar-refractivity contribution >= 4 is 11.6 Å². The molecule has 1 N–H and O–H groups in total. The number of alkyl halides is 2. The van der Waals surface area contributed by atoms with Gasteiger partial charge in [-0.1, -0.05) is 12.8 Å². The van der Waals surface area contributed by atoms with Crippen LogP contribution in [-0.4, -0.2) is 12.5 Å². The summed E-state index contributed by atoms with van der Waals surface area (Å²) in [6, 6.07) is 5.95. The van der Waals surface area contributed by atoms with Crippen LogP contribution in [0.4, 0.5) is 14.5 Å². The summed E-state index contributed by atoms with van der Waals surface area (Å²) in [4.78, 5) is 11.8. The highest BCUT2D eigenvalue weighted by molar-refractivity contribution is 5.90. The normalized spacial score (nSPS) is 15.7. The number of carbonyl (C=O) groups excluding carboxylic acids is 1. The van der Waals surface area contributed by atoms with Gasteiger partial charge in [-0.2, -0.15) is 8.78 Å². The number of benzene rings is 1. The molecule has 1 fully saturated rings. The van der Waals surface area contributed by atoms with Gasteiger partial charge in [0.05, 0.1) is 0 Å².